The first-order valence-electron chi connectivity index (χ1n) is 9.67. The predicted octanol–water partition coefficient (Wildman–Crippen LogP) is -2.38. The number of nitrogens with two attached hydrogens (primary N) is 3. The third-order valence-corrected chi connectivity index (χ3v) is 4.19. The molecular formula is C17H33N7O6. The number of amides is 2. The van der Waals surface area contributed by atoms with Gasteiger partial charge in [0.15, 0.2) is 5.96 Å². The van der Waals surface area contributed by atoms with E-state index in [2.05, 4.69) is 16.0 Å². The third-order valence-electron chi connectivity index (χ3n) is 4.19. The second kappa shape index (κ2) is 15.0. The van der Waals surface area contributed by atoms with Gasteiger partial charge in [0.2, 0.25) is 11.8 Å². The van der Waals surface area contributed by atoms with Crippen molar-refractivity contribution < 1.29 is 29.4 Å². The van der Waals surface area contributed by atoms with Crippen molar-refractivity contribution in [3.8, 4) is 0 Å². The van der Waals surface area contributed by atoms with Crippen molar-refractivity contribution in [3.05, 3.63) is 0 Å². The Balaban J connectivity index is 4.94. The number of hydrogen-bond acceptors (Lipinski definition) is 7. The quantitative estimate of drug-likeness (QED) is 0.0713. The molecular weight excluding hydrogens is 398 g/mol. The van der Waals surface area contributed by atoms with E-state index < -0.39 is 41.9 Å². The highest BCUT2D eigenvalue weighted by atomic mass is 16.4. The minimum absolute atomic E-state index is 0.0863. The summed E-state index contributed by atoms with van der Waals surface area (Å²) in [6.07, 6.45) is 1.36. The van der Waals surface area contributed by atoms with Crippen LogP contribution in [-0.2, 0) is 19.2 Å². The minimum Gasteiger partial charge on any atom is -0.481 e. The van der Waals surface area contributed by atoms with E-state index in [1.165, 1.54) is 0 Å². The zero-order valence-corrected chi connectivity index (χ0v) is 16.9. The van der Waals surface area contributed by atoms with E-state index in [4.69, 9.17) is 27.7 Å². The van der Waals surface area contributed by atoms with Crippen molar-refractivity contribution in [1.82, 2.24) is 16.0 Å². The van der Waals surface area contributed by atoms with Crippen LogP contribution >= 0.6 is 0 Å². The molecule has 0 bridgehead atoms. The maximum atomic E-state index is 12.6. The number of carboxylic acids is 2. The first kappa shape index (κ1) is 27.1. The maximum absolute atomic E-state index is 12.6. The molecule has 2 amide bonds. The van der Waals surface area contributed by atoms with Crippen LogP contribution in [0.2, 0.25) is 0 Å². The monoisotopic (exact) mass is 431 g/mol. The number of carboxylic acid groups (broad SMARTS) is 2. The van der Waals surface area contributed by atoms with Crippen LogP contribution in [0.3, 0.4) is 0 Å². The van der Waals surface area contributed by atoms with Crippen LogP contribution in [0, 0.1) is 5.41 Å². The topological polar surface area (TPSA) is 247 Å². The lowest BCUT2D eigenvalue weighted by Crippen LogP contribution is -2.54. The Hall–Kier alpha value is -2.93. The van der Waals surface area contributed by atoms with Gasteiger partial charge in [0.05, 0.1) is 6.04 Å². The molecule has 3 atom stereocenters. The van der Waals surface area contributed by atoms with Gasteiger partial charge in [-0.2, -0.15) is 0 Å². The van der Waals surface area contributed by atoms with Gasteiger partial charge >= 0.3 is 11.9 Å². The molecule has 0 heterocycles. The van der Waals surface area contributed by atoms with Crippen LogP contribution in [0.25, 0.3) is 0 Å². The predicted molar refractivity (Wildman–Crippen MR) is 108 cm³/mol. The molecule has 0 rings (SSSR count). The van der Waals surface area contributed by atoms with Crippen LogP contribution in [0.5, 0.6) is 0 Å². The normalized spacial score (nSPS) is 13.5. The van der Waals surface area contributed by atoms with Gasteiger partial charge in [0, 0.05) is 13.0 Å². The largest absolute Gasteiger partial charge is 0.481 e. The summed E-state index contributed by atoms with van der Waals surface area (Å²) in [5, 5.41) is 32.5. The number of rotatable bonds is 16. The van der Waals surface area contributed by atoms with Crippen molar-refractivity contribution in [1.29, 1.82) is 5.41 Å². The summed E-state index contributed by atoms with van der Waals surface area (Å²) in [5.74, 6) is -3.96. The summed E-state index contributed by atoms with van der Waals surface area (Å²) in [6, 6.07) is -3.34. The number of hydrogen-bond donors (Lipinski definition) is 9. The molecule has 0 radical (unpaired) electrons. The average Bonchev–Trinajstić information content (AvgIpc) is 2.66. The molecule has 0 saturated carbocycles. The molecule has 0 spiro atoms. The van der Waals surface area contributed by atoms with Crippen molar-refractivity contribution in [2.45, 2.75) is 63.1 Å². The fourth-order valence-corrected chi connectivity index (χ4v) is 2.51. The highest BCUT2D eigenvalue weighted by molar-refractivity contribution is 5.91. The molecule has 0 aromatic heterocycles. The van der Waals surface area contributed by atoms with E-state index in [0.717, 1.165) is 0 Å². The summed E-state index contributed by atoms with van der Waals surface area (Å²) < 4.78 is 0. The van der Waals surface area contributed by atoms with Crippen molar-refractivity contribution in [3.63, 3.8) is 0 Å². The lowest BCUT2D eigenvalue weighted by Gasteiger charge is -2.23. The molecule has 0 fully saturated rings. The van der Waals surface area contributed by atoms with Crippen molar-refractivity contribution in [2.75, 3.05) is 13.1 Å². The van der Waals surface area contributed by atoms with Gasteiger partial charge in [-0.25, -0.2) is 4.79 Å². The van der Waals surface area contributed by atoms with Crippen molar-refractivity contribution in [2.24, 2.45) is 17.2 Å². The summed E-state index contributed by atoms with van der Waals surface area (Å²) in [5.41, 5.74) is 16.3. The number of unbranched alkanes of at least 4 members (excludes halogenated alkanes) is 1. The Bertz CT molecular complexity index is 601. The molecule has 0 aromatic rings. The van der Waals surface area contributed by atoms with Crippen LogP contribution < -0.4 is 33.2 Å². The van der Waals surface area contributed by atoms with Gasteiger partial charge in [-0.1, -0.05) is 0 Å². The average molecular weight is 431 g/mol. The van der Waals surface area contributed by atoms with Gasteiger partial charge in [0.1, 0.15) is 12.1 Å². The molecule has 12 N–H and O–H groups in total. The second-order valence-corrected chi connectivity index (χ2v) is 6.77. The maximum Gasteiger partial charge on any atom is 0.326 e. The van der Waals surface area contributed by atoms with Crippen LogP contribution in [0.1, 0.15) is 44.9 Å². The second-order valence-electron chi connectivity index (χ2n) is 6.77. The minimum atomic E-state index is -1.24. The van der Waals surface area contributed by atoms with E-state index in [1.54, 1.807) is 0 Å². The Kier molecular flexibility index (Phi) is 13.5. The first-order chi connectivity index (χ1) is 14.1. The first-order valence-corrected chi connectivity index (χ1v) is 9.67. The molecule has 0 saturated heterocycles. The molecule has 0 aliphatic rings. The number of nitrogens with one attached hydrogen (secondary N) is 4. The molecule has 172 valence electrons. The summed E-state index contributed by atoms with van der Waals surface area (Å²) >= 11 is 0. The van der Waals surface area contributed by atoms with E-state index in [0.29, 0.717) is 25.8 Å². The standard InChI is InChI=1S/C17H33N7O6/c18-8-2-1-4-11(23-14(27)10(19)6-7-13(25)26)15(28)24-12(16(29)30)5-3-9-22-17(20)21/h10-12H,1-9,18-19H2,(H,23,27)(H,24,28)(H,25,26)(H,29,30)(H4,20,21,22)/t10-,11-,12-/m0/s1. The van der Waals surface area contributed by atoms with E-state index in [9.17, 15) is 24.3 Å². The Morgan fingerprint density at radius 3 is 2.03 bits per heavy atom. The van der Waals surface area contributed by atoms with Gasteiger partial charge in [0.25, 0.3) is 0 Å². The third kappa shape index (κ3) is 12.5. The molecule has 0 aromatic carbocycles. The SMILES string of the molecule is N=C(N)NCCC[C@H](NC(=O)[C@H](CCCCN)NC(=O)[C@@H](N)CCC(=O)O)C(=O)O. The highest BCUT2D eigenvalue weighted by Crippen LogP contribution is 2.05. The lowest BCUT2D eigenvalue weighted by molar-refractivity contribution is -0.142. The summed E-state index contributed by atoms with van der Waals surface area (Å²) in [4.78, 5) is 46.9. The zero-order valence-electron chi connectivity index (χ0n) is 16.9. The van der Waals surface area contributed by atoms with Gasteiger partial charge in [-0.3, -0.25) is 19.8 Å². The number of guanidine groups is 1. The fraction of sp³-hybridized carbons (Fsp3) is 0.706. The lowest BCUT2D eigenvalue weighted by atomic mass is 10.1. The smallest absolute Gasteiger partial charge is 0.326 e. The molecule has 0 unspecified atom stereocenters. The number of aliphatic carboxylic acids is 2. The van der Waals surface area contributed by atoms with Crippen LogP contribution in [-0.4, -0.2) is 71.1 Å². The Morgan fingerprint density at radius 2 is 1.50 bits per heavy atom. The number of carbonyl (C=O) groups excluding carboxylic acids is 2. The van der Waals surface area contributed by atoms with E-state index in [-0.39, 0.29) is 38.2 Å². The van der Waals surface area contributed by atoms with Gasteiger partial charge in [-0.05, 0) is 45.1 Å². The van der Waals surface area contributed by atoms with Gasteiger partial charge < -0.3 is 43.4 Å². The summed E-state index contributed by atoms with van der Waals surface area (Å²) in [7, 11) is 0. The van der Waals surface area contributed by atoms with E-state index in [1.807, 2.05) is 0 Å². The summed E-state index contributed by atoms with van der Waals surface area (Å²) in [6.45, 7) is 0.658. The zero-order chi connectivity index (χ0) is 23.1. The Morgan fingerprint density at radius 1 is 0.900 bits per heavy atom. The molecule has 0 aliphatic carbocycles. The molecule has 0 aliphatic heterocycles. The Labute approximate surface area is 174 Å². The van der Waals surface area contributed by atoms with Gasteiger partial charge in [-0.15, -0.1) is 0 Å². The number of carbonyl (C=O) groups is 4. The van der Waals surface area contributed by atoms with Crippen molar-refractivity contribution >= 4 is 29.7 Å². The molecule has 13 heteroatoms. The van der Waals surface area contributed by atoms with Crippen LogP contribution in [0.4, 0.5) is 0 Å². The fourth-order valence-electron chi connectivity index (χ4n) is 2.51. The highest BCUT2D eigenvalue weighted by Gasteiger charge is 2.27. The van der Waals surface area contributed by atoms with Crippen LogP contribution in [0.15, 0.2) is 0 Å². The molecule has 13 nitrogen and oxygen atoms in total. The molecule has 30 heavy (non-hydrogen) atoms. The van der Waals surface area contributed by atoms with E-state index >= 15 is 0 Å².